The van der Waals surface area contributed by atoms with E-state index in [1.165, 1.54) is 0 Å². The van der Waals surface area contributed by atoms with E-state index in [4.69, 9.17) is 0 Å². The SMILES string of the molecule is CCN/C=C/C(=O)c1ccc2ccccc2c1. The fourth-order valence-electron chi connectivity index (χ4n) is 1.69. The maximum absolute atomic E-state index is 11.8. The standard InChI is InChI=1S/C15H15NO/c1-2-16-10-9-15(17)14-8-7-12-5-3-4-6-13(12)11-14/h3-11,16H,2H2,1H3/b10-9+. The minimum atomic E-state index is 0.0247. The molecule has 0 radical (unpaired) electrons. The van der Waals surface area contributed by atoms with Crippen molar-refractivity contribution in [2.24, 2.45) is 0 Å². The molecule has 1 N–H and O–H groups in total. The molecule has 0 amide bonds. The van der Waals surface area contributed by atoms with Crippen molar-refractivity contribution in [3.05, 3.63) is 60.3 Å². The lowest BCUT2D eigenvalue weighted by molar-refractivity contribution is 0.104. The van der Waals surface area contributed by atoms with Gasteiger partial charge < -0.3 is 5.32 Å². The molecule has 2 aromatic carbocycles. The molecular formula is C15H15NO. The van der Waals surface area contributed by atoms with E-state index in [-0.39, 0.29) is 5.78 Å². The molecule has 0 unspecified atom stereocenters. The lowest BCUT2D eigenvalue weighted by Crippen LogP contribution is -2.04. The number of fused-ring (bicyclic) bond motifs is 1. The molecule has 0 fully saturated rings. The van der Waals surface area contributed by atoms with Crippen molar-refractivity contribution in [3.8, 4) is 0 Å². The third kappa shape index (κ3) is 2.72. The molecule has 0 saturated heterocycles. The van der Waals surface area contributed by atoms with E-state index in [2.05, 4.69) is 5.32 Å². The van der Waals surface area contributed by atoms with Gasteiger partial charge in [0.15, 0.2) is 5.78 Å². The number of hydrogen-bond donors (Lipinski definition) is 1. The zero-order chi connectivity index (χ0) is 12.1. The minimum Gasteiger partial charge on any atom is -0.391 e. The van der Waals surface area contributed by atoms with Gasteiger partial charge in [-0.1, -0.05) is 36.4 Å². The first-order valence-corrected chi connectivity index (χ1v) is 5.74. The van der Waals surface area contributed by atoms with Gasteiger partial charge in [-0.25, -0.2) is 0 Å². The molecule has 0 aromatic heterocycles. The lowest BCUT2D eigenvalue weighted by Gasteiger charge is -2.00. The summed E-state index contributed by atoms with van der Waals surface area (Å²) in [6, 6.07) is 13.8. The summed E-state index contributed by atoms with van der Waals surface area (Å²) >= 11 is 0. The van der Waals surface area contributed by atoms with Crippen LogP contribution in [0.5, 0.6) is 0 Å². The van der Waals surface area contributed by atoms with Gasteiger partial charge >= 0.3 is 0 Å². The van der Waals surface area contributed by atoms with Crippen LogP contribution in [0.2, 0.25) is 0 Å². The van der Waals surface area contributed by atoms with E-state index < -0.39 is 0 Å². The molecule has 0 aliphatic carbocycles. The van der Waals surface area contributed by atoms with Crippen LogP contribution in [-0.2, 0) is 0 Å². The van der Waals surface area contributed by atoms with Crippen LogP contribution in [0.15, 0.2) is 54.7 Å². The van der Waals surface area contributed by atoms with Gasteiger partial charge in [0.25, 0.3) is 0 Å². The highest BCUT2D eigenvalue weighted by Crippen LogP contribution is 2.16. The van der Waals surface area contributed by atoms with Crippen molar-refractivity contribution in [2.75, 3.05) is 6.54 Å². The summed E-state index contributed by atoms with van der Waals surface area (Å²) in [4.78, 5) is 11.8. The fourth-order valence-corrected chi connectivity index (χ4v) is 1.69. The van der Waals surface area contributed by atoms with Crippen molar-refractivity contribution in [3.63, 3.8) is 0 Å². The molecular weight excluding hydrogens is 210 g/mol. The summed E-state index contributed by atoms with van der Waals surface area (Å²) in [5, 5.41) is 5.23. The molecule has 86 valence electrons. The van der Waals surface area contributed by atoms with Crippen LogP contribution < -0.4 is 5.32 Å². The average molecular weight is 225 g/mol. The van der Waals surface area contributed by atoms with Crippen LogP contribution in [0.4, 0.5) is 0 Å². The van der Waals surface area contributed by atoms with Crippen molar-refractivity contribution in [1.29, 1.82) is 0 Å². The molecule has 0 aliphatic heterocycles. The van der Waals surface area contributed by atoms with Gasteiger partial charge in [0.2, 0.25) is 0 Å². The zero-order valence-corrected chi connectivity index (χ0v) is 9.81. The minimum absolute atomic E-state index is 0.0247. The summed E-state index contributed by atoms with van der Waals surface area (Å²) in [6.07, 6.45) is 3.26. The van der Waals surface area contributed by atoms with Crippen LogP contribution in [0, 0.1) is 0 Å². The molecule has 0 aliphatic rings. The number of nitrogens with one attached hydrogen (secondary N) is 1. The highest BCUT2D eigenvalue weighted by molar-refractivity contribution is 6.06. The number of benzene rings is 2. The van der Waals surface area contributed by atoms with E-state index in [0.29, 0.717) is 0 Å². The second kappa shape index (κ2) is 5.30. The first-order valence-electron chi connectivity index (χ1n) is 5.74. The topological polar surface area (TPSA) is 29.1 Å². The van der Waals surface area contributed by atoms with Crippen molar-refractivity contribution < 1.29 is 4.79 Å². The Hall–Kier alpha value is -2.09. The van der Waals surface area contributed by atoms with Crippen LogP contribution in [0.3, 0.4) is 0 Å². The van der Waals surface area contributed by atoms with Gasteiger partial charge in [-0.05, 0) is 23.8 Å². The monoisotopic (exact) mass is 225 g/mol. The lowest BCUT2D eigenvalue weighted by atomic mass is 10.0. The van der Waals surface area contributed by atoms with E-state index in [1.54, 1.807) is 12.3 Å². The molecule has 0 bridgehead atoms. The third-order valence-electron chi connectivity index (χ3n) is 2.59. The molecule has 2 aromatic rings. The Kier molecular flexibility index (Phi) is 3.55. The van der Waals surface area contributed by atoms with Crippen molar-refractivity contribution in [1.82, 2.24) is 5.32 Å². The Morgan fingerprint density at radius 3 is 2.71 bits per heavy atom. The van der Waals surface area contributed by atoms with Gasteiger partial charge in [-0.3, -0.25) is 4.79 Å². The number of carbonyl (C=O) groups is 1. The molecule has 17 heavy (non-hydrogen) atoms. The first-order chi connectivity index (χ1) is 8.31. The summed E-state index contributed by atoms with van der Waals surface area (Å²) in [5.74, 6) is 0.0247. The molecule has 0 atom stereocenters. The Morgan fingerprint density at radius 1 is 1.18 bits per heavy atom. The average Bonchev–Trinajstić information content (AvgIpc) is 2.38. The number of ketones is 1. The van der Waals surface area contributed by atoms with Crippen LogP contribution >= 0.6 is 0 Å². The van der Waals surface area contributed by atoms with E-state index in [9.17, 15) is 4.79 Å². The second-order valence-electron chi connectivity index (χ2n) is 3.82. The molecule has 0 saturated carbocycles. The summed E-state index contributed by atoms with van der Waals surface area (Å²) < 4.78 is 0. The van der Waals surface area contributed by atoms with Gasteiger partial charge in [0, 0.05) is 24.4 Å². The Bertz CT molecular complexity index is 558. The molecule has 2 heteroatoms. The van der Waals surface area contributed by atoms with Gasteiger partial charge in [0.05, 0.1) is 0 Å². The maximum Gasteiger partial charge on any atom is 0.187 e. The smallest absolute Gasteiger partial charge is 0.187 e. The molecule has 0 spiro atoms. The van der Waals surface area contributed by atoms with Crippen LogP contribution in [0.25, 0.3) is 10.8 Å². The van der Waals surface area contributed by atoms with Crippen LogP contribution in [0.1, 0.15) is 17.3 Å². The second-order valence-corrected chi connectivity index (χ2v) is 3.82. The Labute approximate surface area is 101 Å². The summed E-state index contributed by atoms with van der Waals surface area (Å²) in [5.41, 5.74) is 0.720. The van der Waals surface area contributed by atoms with E-state index >= 15 is 0 Å². The number of rotatable bonds is 4. The van der Waals surface area contributed by atoms with Crippen molar-refractivity contribution in [2.45, 2.75) is 6.92 Å². The molecule has 0 heterocycles. The van der Waals surface area contributed by atoms with Gasteiger partial charge in [-0.2, -0.15) is 0 Å². The quantitative estimate of drug-likeness (QED) is 0.639. The van der Waals surface area contributed by atoms with Crippen LogP contribution in [-0.4, -0.2) is 12.3 Å². The van der Waals surface area contributed by atoms with Gasteiger partial charge in [-0.15, -0.1) is 0 Å². The normalized spacial score (nSPS) is 10.9. The molecule has 2 nitrogen and oxygen atoms in total. The number of carbonyl (C=O) groups excluding carboxylic acids is 1. The number of allylic oxidation sites excluding steroid dienone is 1. The summed E-state index contributed by atoms with van der Waals surface area (Å²) in [6.45, 7) is 2.81. The van der Waals surface area contributed by atoms with Gasteiger partial charge in [0.1, 0.15) is 0 Å². The predicted molar refractivity (Wildman–Crippen MR) is 71.1 cm³/mol. The Balaban J connectivity index is 2.27. The molecule has 2 rings (SSSR count). The number of hydrogen-bond acceptors (Lipinski definition) is 2. The predicted octanol–water partition coefficient (Wildman–Crippen LogP) is 3.15. The Morgan fingerprint density at radius 2 is 1.94 bits per heavy atom. The maximum atomic E-state index is 11.8. The third-order valence-corrected chi connectivity index (χ3v) is 2.59. The highest BCUT2D eigenvalue weighted by Gasteiger charge is 2.02. The highest BCUT2D eigenvalue weighted by atomic mass is 16.1. The van der Waals surface area contributed by atoms with E-state index in [1.807, 2.05) is 49.4 Å². The van der Waals surface area contributed by atoms with E-state index in [0.717, 1.165) is 22.9 Å². The fraction of sp³-hybridized carbons (Fsp3) is 0.133. The van der Waals surface area contributed by atoms with Crippen molar-refractivity contribution >= 4 is 16.6 Å². The largest absolute Gasteiger partial charge is 0.391 e. The first kappa shape index (κ1) is 11.4. The zero-order valence-electron chi connectivity index (χ0n) is 9.81. The summed E-state index contributed by atoms with van der Waals surface area (Å²) in [7, 11) is 0.